The van der Waals surface area contributed by atoms with Gasteiger partial charge in [0.15, 0.2) is 6.29 Å². The van der Waals surface area contributed by atoms with Crippen LogP contribution in [0.4, 0.5) is 0 Å². The summed E-state index contributed by atoms with van der Waals surface area (Å²) in [5.41, 5.74) is -0.524. The number of hydrogen-bond acceptors (Lipinski definition) is 5. The second kappa shape index (κ2) is 7.44. The first-order valence-electron chi connectivity index (χ1n) is 9.13. The van der Waals surface area contributed by atoms with E-state index in [1.807, 2.05) is 31.2 Å². The van der Waals surface area contributed by atoms with Crippen LogP contribution >= 0.6 is 11.3 Å². The van der Waals surface area contributed by atoms with Gasteiger partial charge < -0.3 is 5.11 Å². The molecule has 3 aromatic rings. The molecule has 152 valence electrons. The first-order chi connectivity index (χ1) is 13.6. The largest absolute Gasteiger partial charge is 0.480 e. The topological polar surface area (TPSA) is 98.4 Å². The van der Waals surface area contributed by atoms with E-state index in [9.17, 15) is 24.3 Å². The Morgan fingerprint density at radius 1 is 1.17 bits per heavy atom. The molecule has 0 saturated carbocycles. The summed E-state index contributed by atoms with van der Waals surface area (Å²) in [4.78, 5) is 50.3. The van der Waals surface area contributed by atoms with Gasteiger partial charge in [-0.3, -0.25) is 14.2 Å². The fourth-order valence-electron chi connectivity index (χ4n) is 3.26. The number of rotatable bonds is 6. The number of fused-ring (bicyclic) bond motifs is 1. The number of aryl methyl sites for hydroxylation is 4. The van der Waals surface area contributed by atoms with Gasteiger partial charge in [-0.1, -0.05) is 29.8 Å². The van der Waals surface area contributed by atoms with E-state index in [2.05, 4.69) is 0 Å². The summed E-state index contributed by atoms with van der Waals surface area (Å²) >= 11 is 1.08. The minimum atomic E-state index is -1.73. The average molecular weight is 414 g/mol. The smallest absolute Gasteiger partial charge is 0.333 e. The van der Waals surface area contributed by atoms with Crippen LogP contribution in [0, 0.1) is 13.8 Å². The molecular weight excluding hydrogens is 392 g/mol. The minimum Gasteiger partial charge on any atom is -0.480 e. The molecule has 2 heterocycles. The van der Waals surface area contributed by atoms with Crippen LogP contribution < -0.4 is 11.2 Å². The monoisotopic (exact) mass is 414 g/mol. The lowest BCUT2D eigenvalue weighted by Crippen LogP contribution is -2.52. The Balaban J connectivity index is 2.28. The molecule has 0 aliphatic rings. The maximum atomic E-state index is 13.2. The van der Waals surface area contributed by atoms with Gasteiger partial charge in [0.25, 0.3) is 5.56 Å². The first-order valence-corrected chi connectivity index (χ1v) is 9.94. The van der Waals surface area contributed by atoms with Crippen molar-refractivity contribution in [1.29, 1.82) is 0 Å². The molecular formula is C21H22N2O5S. The molecule has 1 N–H and O–H groups in total. The summed E-state index contributed by atoms with van der Waals surface area (Å²) in [5, 5.41) is 9.82. The van der Waals surface area contributed by atoms with E-state index in [1.165, 1.54) is 18.4 Å². The van der Waals surface area contributed by atoms with Gasteiger partial charge in [0.05, 0.1) is 10.3 Å². The second-order valence-electron chi connectivity index (χ2n) is 7.56. The average Bonchev–Trinajstić information content (AvgIpc) is 2.99. The molecule has 0 atom stereocenters. The molecule has 29 heavy (non-hydrogen) atoms. The molecule has 0 spiro atoms. The number of benzene rings is 1. The third-order valence-electron chi connectivity index (χ3n) is 5.18. The molecule has 0 radical (unpaired) electrons. The van der Waals surface area contributed by atoms with E-state index in [0.29, 0.717) is 28.0 Å². The highest BCUT2D eigenvalue weighted by atomic mass is 32.1. The van der Waals surface area contributed by atoms with Crippen LogP contribution in [0.1, 0.15) is 40.2 Å². The number of aldehydes is 1. The number of hydrogen-bond donors (Lipinski definition) is 1. The van der Waals surface area contributed by atoms with Crippen molar-refractivity contribution in [1.82, 2.24) is 9.13 Å². The molecule has 7 nitrogen and oxygen atoms in total. The molecule has 0 aliphatic carbocycles. The zero-order chi connectivity index (χ0) is 21.5. The van der Waals surface area contributed by atoms with Crippen LogP contribution in [0.3, 0.4) is 0 Å². The molecule has 1 aromatic carbocycles. The third kappa shape index (κ3) is 3.44. The normalized spacial score (nSPS) is 11.7. The van der Waals surface area contributed by atoms with Crippen molar-refractivity contribution in [2.24, 2.45) is 0 Å². The van der Waals surface area contributed by atoms with Crippen molar-refractivity contribution >= 4 is 33.8 Å². The SMILES string of the molecule is Cc1ccc(CCn2c(=O)n(C(C)(C)C(=O)O)c(=O)c3c(C)c(C=O)sc32)cc1. The lowest BCUT2D eigenvalue weighted by molar-refractivity contribution is -0.146. The Morgan fingerprint density at radius 3 is 2.34 bits per heavy atom. The van der Waals surface area contributed by atoms with Crippen LogP contribution in [0.25, 0.3) is 10.2 Å². The number of aromatic nitrogens is 2. The summed E-state index contributed by atoms with van der Waals surface area (Å²) in [6.07, 6.45) is 1.18. The van der Waals surface area contributed by atoms with E-state index in [0.717, 1.165) is 27.0 Å². The summed E-state index contributed by atoms with van der Waals surface area (Å²) < 4.78 is 2.19. The van der Waals surface area contributed by atoms with Crippen LogP contribution in [0.15, 0.2) is 33.9 Å². The van der Waals surface area contributed by atoms with E-state index in [4.69, 9.17) is 0 Å². The molecule has 2 aromatic heterocycles. The Labute approximate surface area is 170 Å². The number of carbonyl (C=O) groups excluding carboxylic acids is 1. The summed E-state index contributed by atoms with van der Waals surface area (Å²) in [6.45, 7) is 6.51. The van der Waals surface area contributed by atoms with Crippen molar-refractivity contribution < 1.29 is 14.7 Å². The zero-order valence-electron chi connectivity index (χ0n) is 16.7. The molecule has 0 fully saturated rings. The van der Waals surface area contributed by atoms with Crippen molar-refractivity contribution in [3.8, 4) is 0 Å². The Hall–Kier alpha value is -3.00. The molecule has 8 heteroatoms. The zero-order valence-corrected chi connectivity index (χ0v) is 17.5. The Morgan fingerprint density at radius 2 is 1.79 bits per heavy atom. The van der Waals surface area contributed by atoms with Gasteiger partial charge in [-0.2, -0.15) is 0 Å². The van der Waals surface area contributed by atoms with Crippen LogP contribution in [0.5, 0.6) is 0 Å². The fourth-order valence-corrected chi connectivity index (χ4v) is 4.39. The molecule has 0 unspecified atom stereocenters. The highest BCUT2D eigenvalue weighted by molar-refractivity contribution is 7.20. The van der Waals surface area contributed by atoms with Crippen molar-refractivity contribution in [2.45, 2.75) is 46.2 Å². The molecule has 0 saturated heterocycles. The van der Waals surface area contributed by atoms with Gasteiger partial charge in [0.2, 0.25) is 0 Å². The van der Waals surface area contributed by atoms with Crippen molar-refractivity contribution in [3.05, 3.63) is 66.7 Å². The van der Waals surface area contributed by atoms with Crippen LogP contribution in [-0.4, -0.2) is 26.5 Å². The van der Waals surface area contributed by atoms with Crippen LogP contribution in [-0.2, 0) is 23.3 Å². The van der Waals surface area contributed by atoms with Crippen molar-refractivity contribution in [3.63, 3.8) is 0 Å². The van der Waals surface area contributed by atoms with E-state index < -0.39 is 22.8 Å². The summed E-state index contributed by atoms with van der Waals surface area (Å²) in [7, 11) is 0. The number of carboxylic acid groups (broad SMARTS) is 1. The van der Waals surface area contributed by atoms with Gasteiger partial charge in [-0.25, -0.2) is 14.2 Å². The van der Waals surface area contributed by atoms with Gasteiger partial charge in [0.1, 0.15) is 10.4 Å². The van der Waals surface area contributed by atoms with Crippen LogP contribution in [0.2, 0.25) is 0 Å². The first kappa shape index (κ1) is 20.7. The maximum absolute atomic E-state index is 13.2. The predicted molar refractivity (Wildman–Crippen MR) is 112 cm³/mol. The highest BCUT2D eigenvalue weighted by Gasteiger charge is 2.35. The quantitative estimate of drug-likeness (QED) is 0.626. The number of nitrogens with zero attached hydrogens (tertiary/aromatic N) is 2. The summed E-state index contributed by atoms with van der Waals surface area (Å²) in [5.74, 6) is -1.29. The molecule has 0 bridgehead atoms. The lowest BCUT2D eigenvalue weighted by Gasteiger charge is -2.23. The standard InChI is InChI=1S/C21H22N2O5S/c1-12-5-7-14(8-6-12)9-10-22-18-16(13(2)15(11-24)29-18)17(25)23(20(22)28)21(3,4)19(26)27/h5-8,11H,9-10H2,1-4H3,(H,26,27). The molecule has 3 rings (SSSR count). The highest BCUT2D eigenvalue weighted by Crippen LogP contribution is 2.27. The number of carboxylic acids is 1. The molecule has 0 amide bonds. The maximum Gasteiger partial charge on any atom is 0.333 e. The Bertz CT molecular complexity index is 1230. The van der Waals surface area contributed by atoms with Gasteiger partial charge in [0, 0.05) is 6.54 Å². The van der Waals surface area contributed by atoms with E-state index in [1.54, 1.807) is 6.92 Å². The predicted octanol–water partition coefficient (Wildman–Crippen LogP) is 2.72. The van der Waals surface area contributed by atoms with E-state index in [-0.39, 0.29) is 11.9 Å². The number of aliphatic carboxylic acids is 1. The lowest BCUT2D eigenvalue weighted by atomic mass is 10.1. The second-order valence-corrected chi connectivity index (χ2v) is 8.59. The Kier molecular flexibility index (Phi) is 5.32. The van der Waals surface area contributed by atoms with Gasteiger partial charge in [-0.05, 0) is 45.2 Å². The minimum absolute atomic E-state index is 0.218. The van der Waals surface area contributed by atoms with Gasteiger partial charge >= 0.3 is 11.7 Å². The third-order valence-corrected chi connectivity index (χ3v) is 6.42. The number of carbonyl (C=O) groups is 2. The number of thiophene rings is 1. The van der Waals surface area contributed by atoms with E-state index >= 15 is 0 Å². The van der Waals surface area contributed by atoms with Gasteiger partial charge in [-0.15, -0.1) is 11.3 Å². The summed E-state index contributed by atoms with van der Waals surface area (Å²) in [6, 6.07) is 7.88. The van der Waals surface area contributed by atoms with Crippen molar-refractivity contribution in [2.75, 3.05) is 0 Å². The fraction of sp³-hybridized carbons (Fsp3) is 0.333. The molecule has 0 aliphatic heterocycles.